The van der Waals surface area contributed by atoms with Gasteiger partial charge in [-0.3, -0.25) is 4.79 Å². The predicted molar refractivity (Wildman–Crippen MR) is 143 cm³/mol. The maximum absolute atomic E-state index is 13.4. The highest BCUT2D eigenvalue weighted by Crippen LogP contribution is 2.45. The van der Waals surface area contributed by atoms with E-state index in [1.807, 2.05) is 29.2 Å². The zero-order valence-corrected chi connectivity index (χ0v) is 21.3. The molecule has 0 aromatic heterocycles. The topological polar surface area (TPSA) is 55.8 Å². The number of carbonyl (C=O) groups excluding carboxylic acids is 2. The zero-order chi connectivity index (χ0) is 25.4. The molecule has 2 fully saturated rings. The number of nitrogens with zero attached hydrogens (tertiary/aromatic N) is 1. The second-order valence-corrected chi connectivity index (χ2v) is 10.6. The molecule has 0 spiro atoms. The number of hydrogen-bond donors (Lipinski definition) is 0. The van der Waals surface area contributed by atoms with Crippen molar-refractivity contribution in [2.75, 3.05) is 13.7 Å². The lowest BCUT2D eigenvalue weighted by Gasteiger charge is -2.47. The molecule has 1 aliphatic carbocycles. The van der Waals surface area contributed by atoms with E-state index in [9.17, 15) is 9.59 Å². The van der Waals surface area contributed by atoms with Gasteiger partial charge in [0.1, 0.15) is 18.1 Å². The summed E-state index contributed by atoms with van der Waals surface area (Å²) < 4.78 is 11.3. The van der Waals surface area contributed by atoms with Crippen molar-refractivity contribution in [3.8, 4) is 16.9 Å². The van der Waals surface area contributed by atoms with E-state index in [-0.39, 0.29) is 35.8 Å². The molecule has 2 heterocycles. The van der Waals surface area contributed by atoms with Gasteiger partial charge in [-0.15, -0.1) is 0 Å². The summed E-state index contributed by atoms with van der Waals surface area (Å²) in [6.07, 6.45) is 4.60. The molecule has 2 atom stereocenters. The van der Waals surface area contributed by atoms with Crippen molar-refractivity contribution in [2.45, 2.75) is 56.5 Å². The molecule has 0 radical (unpaired) electrons. The van der Waals surface area contributed by atoms with Crippen LogP contribution in [-0.2, 0) is 16.0 Å². The first-order chi connectivity index (χ1) is 18.1. The summed E-state index contributed by atoms with van der Waals surface area (Å²) in [7, 11) is 1.64. The van der Waals surface area contributed by atoms with Crippen molar-refractivity contribution in [3.63, 3.8) is 0 Å². The molecule has 0 N–H and O–H groups in total. The highest BCUT2D eigenvalue weighted by Gasteiger charge is 2.43. The molecule has 5 nitrogen and oxygen atoms in total. The third kappa shape index (κ3) is 4.52. The van der Waals surface area contributed by atoms with E-state index in [4.69, 9.17) is 9.47 Å². The van der Waals surface area contributed by atoms with Crippen LogP contribution in [0.5, 0.6) is 5.75 Å². The Hall–Kier alpha value is -3.60. The van der Waals surface area contributed by atoms with Crippen LogP contribution < -0.4 is 4.74 Å². The molecule has 0 saturated carbocycles. The first kappa shape index (κ1) is 23.8. The Morgan fingerprint density at radius 2 is 1.51 bits per heavy atom. The van der Waals surface area contributed by atoms with Gasteiger partial charge in [0, 0.05) is 30.3 Å². The minimum Gasteiger partial charge on any atom is -0.497 e. The van der Waals surface area contributed by atoms with E-state index < -0.39 is 0 Å². The molecular weight excluding hydrogens is 462 g/mol. The summed E-state index contributed by atoms with van der Waals surface area (Å²) in [6, 6.07) is 24.7. The zero-order valence-electron chi connectivity index (χ0n) is 21.3. The van der Waals surface area contributed by atoms with Gasteiger partial charge in [0.2, 0.25) is 0 Å². The molecule has 190 valence electrons. The Morgan fingerprint density at radius 1 is 0.865 bits per heavy atom. The van der Waals surface area contributed by atoms with Crippen LogP contribution in [0, 0.1) is 5.92 Å². The number of Topliss-reactive ketones (excluding diaryl/α,β-unsaturated/α-hetero) is 1. The van der Waals surface area contributed by atoms with Crippen molar-refractivity contribution < 1.29 is 19.1 Å². The maximum Gasteiger partial charge on any atom is 0.410 e. The molecule has 2 bridgehead atoms. The monoisotopic (exact) mass is 495 g/mol. The molecule has 2 saturated heterocycles. The average Bonchev–Trinajstić information content (AvgIpc) is 3.24. The standard InChI is InChI=1S/C32H33NO4/c1-36-25-11-6-8-21(16-25)17-31(34)22-18-23-9-7-10-24(19-22)33(23)32(35)37-20-30-28-14-4-2-12-26(28)27-13-3-5-15-29(27)30/h2-6,8,11-16,22-24,30H,7,9-10,17-20H2,1H3. The number of benzene rings is 3. The van der Waals surface area contributed by atoms with E-state index in [0.717, 1.165) is 43.4 Å². The van der Waals surface area contributed by atoms with Gasteiger partial charge in [0.05, 0.1) is 7.11 Å². The number of ketones is 1. The maximum atomic E-state index is 13.4. The van der Waals surface area contributed by atoms with Crippen LogP contribution in [0.15, 0.2) is 72.8 Å². The van der Waals surface area contributed by atoms with Crippen molar-refractivity contribution >= 4 is 11.9 Å². The number of ether oxygens (including phenoxy) is 2. The lowest BCUT2D eigenvalue weighted by atomic mass is 9.76. The van der Waals surface area contributed by atoms with E-state index >= 15 is 0 Å². The lowest BCUT2D eigenvalue weighted by molar-refractivity contribution is -0.126. The molecule has 1 amide bonds. The van der Waals surface area contributed by atoms with Crippen molar-refractivity contribution in [1.29, 1.82) is 0 Å². The van der Waals surface area contributed by atoms with Crippen LogP contribution in [0.1, 0.15) is 54.7 Å². The van der Waals surface area contributed by atoms with Crippen LogP contribution in [0.2, 0.25) is 0 Å². The number of amides is 1. The third-order valence-corrected chi connectivity index (χ3v) is 8.49. The average molecular weight is 496 g/mol. The summed E-state index contributed by atoms with van der Waals surface area (Å²) in [6.45, 7) is 0.334. The smallest absolute Gasteiger partial charge is 0.410 e. The summed E-state index contributed by atoms with van der Waals surface area (Å²) in [5, 5.41) is 0. The van der Waals surface area contributed by atoms with Crippen molar-refractivity contribution in [3.05, 3.63) is 89.5 Å². The van der Waals surface area contributed by atoms with Crippen LogP contribution >= 0.6 is 0 Å². The summed E-state index contributed by atoms with van der Waals surface area (Å²) in [4.78, 5) is 28.6. The normalized spacial score (nSPS) is 22.2. The molecule has 3 aliphatic rings. The van der Waals surface area contributed by atoms with Crippen LogP contribution in [0.3, 0.4) is 0 Å². The quantitative estimate of drug-likeness (QED) is 0.398. The molecule has 3 aromatic carbocycles. The minimum absolute atomic E-state index is 0.0147. The number of rotatable bonds is 6. The fraction of sp³-hybridized carbons (Fsp3) is 0.375. The van der Waals surface area contributed by atoms with E-state index in [2.05, 4.69) is 48.5 Å². The van der Waals surface area contributed by atoms with Gasteiger partial charge >= 0.3 is 6.09 Å². The fourth-order valence-electron chi connectivity index (χ4n) is 6.74. The van der Waals surface area contributed by atoms with E-state index in [1.54, 1.807) is 7.11 Å². The summed E-state index contributed by atoms with van der Waals surface area (Å²) >= 11 is 0. The van der Waals surface area contributed by atoms with Crippen LogP contribution in [0.4, 0.5) is 4.79 Å². The van der Waals surface area contributed by atoms with Crippen molar-refractivity contribution in [2.24, 2.45) is 5.92 Å². The molecule has 2 unspecified atom stereocenters. The Kier molecular flexibility index (Phi) is 6.45. The van der Waals surface area contributed by atoms with Crippen LogP contribution in [0.25, 0.3) is 11.1 Å². The predicted octanol–water partition coefficient (Wildman–Crippen LogP) is 6.39. The minimum atomic E-state index is -0.227. The second-order valence-electron chi connectivity index (χ2n) is 10.6. The summed E-state index contributed by atoms with van der Waals surface area (Å²) in [5.41, 5.74) is 5.88. The molecule has 5 heteroatoms. The fourth-order valence-corrected chi connectivity index (χ4v) is 6.74. The van der Waals surface area contributed by atoms with E-state index in [1.165, 1.54) is 22.3 Å². The molecule has 3 aromatic rings. The Bertz CT molecular complexity index is 1260. The van der Waals surface area contributed by atoms with Gasteiger partial charge in [-0.2, -0.15) is 0 Å². The number of hydrogen-bond acceptors (Lipinski definition) is 4. The van der Waals surface area contributed by atoms with Gasteiger partial charge in [-0.25, -0.2) is 4.79 Å². The third-order valence-electron chi connectivity index (χ3n) is 8.49. The lowest BCUT2D eigenvalue weighted by Crippen LogP contribution is -2.56. The largest absolute Gasteiger partial charge is 0.497 e. The van der Waals surface area contributed by atoms with Crippen LogP contribution in [-0.4, -0.2) is 42.6 Å². The van der Waals surface area contributed by atoms with Crippen molar-refractivity contribution in [1.82, 2.24) is 4.90 Å². The van der Waals surface area contributed by atoms with Gasteiger partial charge in [-0.05, 0) is 72.1 Å². The van der Waals surface area contributed by atoms with E-state index in [0.29, 0.717) is 13.0 Å². The van der Waals surface area contributed by atoms with Gasteiger partial charge in [-0.1, -0.05) is 60.7 Å². The van der Waals surface area contributed by atoms with Gasteiger partial charge < -0.3 is 14.4 Å². The summed E-state index contributed by atoms with van der Waals surface area (Å²) in [5.74, 6) is 1.07. The first-order valence-electron chi connectivity index (χ1n) is 13.4. The molecular formula is C32H33NO4. The number of methoxy groups -OCH3 is 1. The number of fused-ring (bicyclic) bond motifs is 5. The number of piperidine rings is 2. The second kappa shape index (κ2) is 10.0. The Labute approximate surface area is 218 Å². The SMILES string of the molecule is COc1cccc(CC(=O)C2CC3CCCC(C2)N3C(=O)OCC2c3ccccc3-c3ccccc32)c1. The molecule has 37 heavy (non-hydrogen) atoms. The Morgan fingerprint density at radius 3 is 2.16 bits per heavy atom. The highest BCUT2D eigenvalue weighted by atomic mass is 16.6. The van der Waals surface area contributed by atoms with Gasteiger partial charge in [0.25, 0.3) is 0 Å². The Balaban J connectivity index is 1.12. The van der Waals surface area contributed by atoms with Gasteiger partial charge in [0.15, 0.2) is 0 Å². The first-order valence-corrected chi connectivity index (χ1v) is 13.4. The highest BCUT2D eigenvalue weighted by molar-refractivity contribution is 5.84. The molecule has 2 aliphatic heterocycles. The molecule has 6 rings (SSSR count). The number of carbonyl (C=O) groups is 2.